The van der Waals surface area contributed by atoms with Crippen molar-refractivity contribution in [2.45, 2.75) is 342 Å². The lowest BCUT2D eigenvalue weighted by Gasteiger charge is -2.22. The minimum Gasteiger partial charge on any atom is -0.303 e. The predicted octanol–water partition coefficient (Wildman–Crippen LogP) is 21.0. The third-order valence-corrected chi connectivity index (χ3v) is 14.5. The quantitative estimate of drug-likeness (QED) is 0.0343. The van der Waals surface area contributed by atoms with Gasteiger partial charge >= 0.3 is 5.09 Å². The Balaban J connectivity index is 0. The standard InChI is InChI=1S/C36H75N.C28H50NO5/c1-4-7-10-13-16-19-22-25-28-31-34-37(35-32-29-26-23-20-17-14-11-8-5-2)36-33-30-27-24-21-18-15-12-9-6-3;1-3-27(30)23-19-15-11-7-5-9-13-17-21-25-33-29(32)34-26-22-18-14-10-6-8-12-16-20-24-28(31)4-2/h4-36H2,1-3H3;3-4H,1-2,5-26H2/q;+1. The third-order valence-electron chi connectivity index (χ3n) is 14.5. The molecule has 7 heteroatoms. The minimum atomic E-state index is 0.147. The van der Waals surface area contributed by atoms with Crippen LogP contribution >= 0.6 is 0 Å². The number of nitrogens with zero attached hydrogens (tertiary/aromatic N) is 2. The summed E-state index contributed by atoms with van der Waals surface area (Å²) in [4.78, 5) is 46.7. The zero-order valence-electron chi connectivity index (χ0n) is 48.4. The highest BCUT2D eigenvalue weighted by Crippen LogP contribution is 2.16. The van der Waals surface area contributed by atoms with Crippen LogP contribution in [-0.2, 0) is 19.3 Å². The molecule has 0 unspecified atom stereocenters. The van der Waals surface area contributed by atoms with Crippen LogP contribution in [-0.4, -0.2) is 54.4 Å². The molecule has 0 amide bonds. The number of allylic oxidation sites excluding steroid dienone is 2. The van der Waals surface area contributed by atoms with Crippen LogP contribution in [0.2, 0.25) is 0 Å². The molecule has 0 bridgehead atoms. The lowest BCUT2D eigenvalue weighted by atomic mass is 10.1. The number of carbonyl (C=O) groups excluding carboxylic acids is 2. The number of ketones is 2. The van der Waals surface area contributed by atoms with Crippen molar-refractivity contribution in [1.29, 1.82) is 0 Å². The van der Waals surface area contributed by atoms with E-state index in [1.54, 1.807) is 0 Å². The Morgan fingerprint density at radius 2 is 0.521 bits per heavy atom. The van der Waals surface area contributed by atoms with Gasteiger partial charge in [0, 0.05) is 12.8 Å². The molecule has 0 aromatic rings. The summed E-state index contributed by atoms with van der Waals surface area (Å²) in [7, 11) is 0. The zero-order chi connectivity index (χ0) is 52.0. The second-order valence-corrected chi connectivity index (χ2v) is 21.5. The molecule has 0 N–H and O–H groups in total. The van der Waals surface area contributed by atoms with E-state index >= 15 is 0 Å². The van der Waals surface area contributed by atoms with Crippen molar-refractivity contribution < 1.29 is 24.4 Å². The van der Waals surface area contributed by atoms with E-state index in [1.807, 2.05) is 0 Å². The lowest BCUT2D eigenvalue weighted by Crippen LogP contribution is -2.27. The first-order valence-corrected chi connectivity index (χ1v) is 31.7. The Morgan fingerprint density at radius 3 is 0.746 bits per heavy atom. The zero-order valence-corrected chi connectivity index (χ0v) is 48.4. The molecule has 0 rings (SSSR count). The van der Waals surface area contributed by atoms with Crippen LogP contribution in [0.3, 0.4) is 0 Å². The molecule has 71 heavy (non-hydrogen) atoms. The minimum absolute atomic E-state index is 0.147. The van der Waals surface area contributed by atoms with Gasteiger partial charge in [-0.3, -0.25) is 9.59 Å². The number of unbranched alkanes of at least 4 members (excludes halogenated alkanes) is 43. The van der Waals surface area contributed by atoms with Gasteiger partial charge in [-0.2, -0.15) is 9.68 Å². The van der Waals surface area contributed by atoms with Crippen LogP contribution in [0.25, 0.3) is 0 Å². The summed E-state index contributed by atoms with van der Waals surface area (Å²) >= 11 is 0. The largest absolute Gasteiger partial charge is 0.477 e. The van der Waals surface area contributed by atoms with Crippen LogP contribution in [0.4, 0.5) is 0 Å². The molecule has 0 spiro atoms. The second kappa shape index (κ2) is 64.1. The summed E-state index contributed by atoms with van der Waals surface area (Å²) in [5.41, 5.74) is 0. The van der Waals surface area contributed by atoms with Crippen molar-refractivity contribution in [3.8, 4) is 0 Å². The first-order chi connectivity index (χ1) is 34.9. The average Bonchev–Trinajstić information content (AvgIpc) is 3.38. The topological polar surface area (TPSA) is 75.9 Å². The molecule has 0 atom stereocenters. The Hall–Kier alpha value is -2.02. The summed E-state index contributed by atoms with van der Waals surface area (Å²) in [5, 5.41) is 0.272. The second-order valence-electron chi connectivity index (χ2n) is 21.5. The van der Waals surface area contributed by atoms with Crippen molar-refractivity contribution in [3.63, 3.8) is 0 Å². The molecule has 7 nitrogen and oxygen atoms in total. The Morgan fingerprint density at radius 1 is 0.324 bits per heavy atom. The van der Waals surface area contributed by atoms with E-state index in [9.17, 15) is 14.5 Å². The van der Waals surface area contributed by atoms with Crippen LogP contribution in [0.5, 0.6) is 0 Å². The number of carbonyl (C=O) groups is 2. The smallest absolute Gasteiger partial charge is 0.303 e. The first-order valence-electron chi connectivity index (χ1n) is 31.7. The highest BCUT2D eigenvalue weighted by Gasteiger charge is 2.11. The van der Waals surface area contributed by atoms with Gasteiger partial charge in [0.25, 0.3) is 0 Å². The molecule has 420 valence electrons. The maximum Gasteiger partial charge on any atom is 0.477 e. The molecule has 0 aliphatic rings. The van der Waals surface area contributed by atoms with Crippen molar-refractivity contribution in [3.05, 3.63) is 30.2 Å². The lowest BCUT2D eigenvalue weighted by molar-refractivity contribution is -0.981. The molecule has 0 aromatic carbocycles. The van der Waals surface area contributed by atoms with Gasteiger partial charge in [-0.05, 0) is 89.6 Å². The molecule has 0 saturated heterocycles. The third kappa shape index (κ3) is 64.0. The van der Waals surface area contributed by atoms with Gasteiger partial charge in [0.2, 0.25) is 0 Å². The van der Waals surface area contributed by atoms with E-state index < -0.39 is 0 Å². The summed E-state index contributed by atoms with van der Waals surface area (Å²) < 4.78 is 0. The van der Waals surface area contributed by atoms with Gasteiger partial charge in [-0.1, -0.05) is 284 Å². The maximum atomic E-state index is 11.5. The van der Waals surface area contributed by atoms with Gasteiger partial charge < -0.3 is 4.90 Å². The molecule has 0 radical (unpaired) electrons. The van der Waals surface area contributed by atoms with Gasteiger partial charge in [-0.15, -0.1) is 0 Å². The van der Waals surface area contributed by atoms with Crippen LogP contribution in [0.1, 0.15) is 342 Å². The van der Waals surface area contributed by atoms with E-state index in [2.05, 4.69) is 38.8 Å². The molecule has 0 fully saturated rings. The van der Waals surface area contributed by atoms with Gasteiger partial charge in [0.15, 0.2) is 24.8 Å². The summed E-state index contributed by atoms with van der Waals surface area (Å²) in [6.07, 6.45) is 67.8. The Bertz CT molecular complexity index is 994. The van der Waals surface area contributed by atoms with Crippen molar-refractivity contribution >= 4 is 11.6 Å². The Labute approximate surface area is 443 Å². The Kier molecular flexibility index (Phi) is 64.1. The van der Waals surface area contributed by atoms with Gasteiger partial charge in [0.05, 0.1) is 0 Å². The molecule has 0 saturated carbocycles. The predicted molar refractivity (Wildman–Crippen MR) is 310 cm³/mol. The van der Waals surface area contributed by atoms with E-state index in [1.165, 1.54) is 276 Å². The fourth-order valence-electron chi connectivity index (χ4n) is 9.60. The first kappa shape index (κ1) is 71.1. The molecular weight excluding hydrogens is 877 g/mol. The van der Waals surface area contributed by atoms with Crippen molar-refractivity contribution in [2.75, 3.05) is 32.8 Å². The summed E-state index contributed by atoms with van der Waals surface area (Å²) in [5.74, 6) is 0.295. The number of hydrogen-bond acceptors (Lipinski definition) is 6. The highest BCUT2D eigenvalue weighted by atomic mass is 17.0. The summed E-state index contributed by atoms with van der Waals surface area (Å²) in [6.45, 7) is 18.8. The summed E-state index contributed by atoms with van der Waals surface area (Å²) in [6, 6.07) is 0. The van der Waals surface area contributed by atoms with Crippen molar-refractivity contribution in [1.82, 2.24) is 4.90 Å². The monoisotopic (exact) mass is 1000 g/mol. The number of rotatable bonds is 61. The van der Waals surface area contributed by atoms with E-state index in [0.29, 0.717) is 26.1 Å². The fourth-order valence-corrected chi connectivity index (χ4v) is 9.60. The van der Waals surface area contributed by atoms with Crippen LogP contribution in [0, 0.1) is 4.91 Å². The van der Waals surface area contributed by atoms with Gasteiger partial charge in [0.1, 0.15) is 4.91 Å². The van der Waals surface area contributed by atoms with E-state index in [-0.39, 0.29) is 16.7 Å². The molecule has 0 heterocycles. The SMILES string of the molecule is C=CC(=O)CCCCCCCCCCCO[N+](=O)OCCCCCCCCCCCC(=O)C=C.CCCCCCCCCCCCN(CCCCCCCCCCCC)CCCCCCCCCCCC. The number of hydrogen-bond donors (Lipinski definition) is 0. The maximum absolute atomic E-state index is 11.5. The molecule has 0 aromatic heterocycles. The van der Waals surface area contributed by atoms with E-state index in [4.69, 9.17) is 9.68 Å². The van der Waals surface area contributed by atoms with Crippen LogP contribution < -0.4 is 0 Å². The van der Waals surface area contributed by atoms with Crippen molar-refractivity contribution in [2.24, 2.45) is 0 Å². The normalized spacial score (nSPS) is 11.2. The van der Waals surface area contributed by atoms with Gasteiger partial charge in [-0.25, -0.2) is 0 Å². The van der Waals surface area contributed by atoms with Crippen LogP contribution in [0.15, 0.2) is 25.3 Å². The molecule has 0 aliphatic carbocycles. The molecule has 0 aliphatic heterocycles. The molecular formula is C64H125N2O5+. The average molecular weight is 1000 g/mol. The fraction of sp³-hybridized carbons (Fsp3) is 0.906. The highest BCUT2D eigenvalue weighted by molar-refractivity contribution is 5.89. The van der Waals surface area contributed by atoms with E-state index in [0.717, 1.165) is 64.2 Å².